The largest absolute Gasteiger partial charge is 0.496 e. The summed E-state index contributed by atoms with van der Waals surface area (Å²) in [6.45, 7) is 3.32. The Morgan fingerprint density at radius 3 is 2.79 bits per heavy atom. The van der Waals surface area contributed by atoms with Crippen LogP contribution in [0, 0.1) is 0 Å². The fraction of sp³-hybridized carbons (Fsp3) is 0.500. The molecule has 0 aromatic heterocycles. The van der Waals surface area contributed by atoms with E-state index in [1.54, 1.807) is 7.11 Å². The maximum atomic E-state index is 5.37. The number of benzene rings is 1. The lowest BCUT2D eigenvalue weighted by atomic mass is 9.92. The molecule has 1 atom stereocenters. The van der Waals surface area contributed by atoms with Crippen LogP contribution in [0.5, 0.6) is 5.75 Å². The minimum atomic E-state index is 0.556. The van der Waals surface area contributed by atoms with E-state index >= 15 is 0 Å². The molecule has 1 aliphatic rings. The van der Waals surface area contributed by atoms with E-state index in [4.69, 9.17) is 4.74 Å². The molecule has 2 heteroatoms. The minimum absolute atomic E-state index is 0.556. The highest BCUT2D eigenvalue weighted by molar-refractivity contribution is 5.42. The van der Waals surface area contributed by atoms with Crippen LogP contribution in [0.2, 0.25) is 0 Å². The lowest BCUT2D eigenvalue weighted by molar-refractivity contribution is 0.373. The van der Waals surface area contributed by atoms with Crippen molar-refractivity contribution in [1.29, 1.82) is 0 Å². The molecule has 1 heterocycles. The van der Waals surface area contributed by atoms with Gasteiger partial charge in [0.25, 0.3) is 0 Å². The van der Waals surface area contributed by atoms with Crippen molar-refractivity contribution in [2.24, 2.45) is 0 Å². The van der Waals surface area contributed by atoms with Crippen LogP contribution in [0.1, 0.15) is 30.5 Å². The number of methoxy groups -OCH3 is 1. The zero-order chi connectivity index (χ0) is 9.97. The van der Waals surface area contributed by atoms with Crippen molar-refractivity contribution in [3.05, 3.63) is 29.3 Å². The van der Waals surface area contributed by atoms with Gasteiger partial charge in [0.2, 0.25) is 0 Å². The summed E-state index contributed by atoms with van der Waals surface area (Å²) in [5, 5.41) is 3.43. The van der Waals surface area contributed by atoms with Crippen LogP contribution in [0.15, 0.2) is 18.2 Å². The highest BCUT2D eigenvalue weighted by atomic mass is 16.5. The Morgan fingerprint density at radius 1 is 1.50 bits per heavy atom. The molecule has 0 amide bonds. The average Bonchev–Trinajstić information content (AvgIpc) is 2.15. The molecule has 1 saturated heterocycles. The first-order chi connectivity index (χ1) is 6.86. The molecule has 1 aliphatic heterocycles. The molecule has 0 radical (unpaired) electrons. The van der Waals surface area contributed by atoms with Crippen molar-refractivity contribution in [3.8, 4) is 5.75 Å². The fourth-order valence-electron chi connectivity index (χ4n) is 2.03. The van der Waals surface area contributed by atoms with E-state index in [1.807, 2.05) is 6.07 Å². The molecule has 1 aromatic rings. The van der Waals surface area contributed by atoms with Crippen LogP contribution in [-0.2, 0) is 6.42 Å². The van der Waals surface area contributed by atoms with E-state index in [1.165, 1.54) is 17.5 Å². The third kappa shape index (κ3) is 1.50. The molecule has 0 bridgehead atoms. The Morgan fingerprint density at radius 2 is 2.29 bits per heavy atom. The molecule has 1 unspecified atom stereocenters. The highest BCUT2D eigenvalue weighted by Crippen LogP contribution is 2.31. The van der Waals surface area contributed by atoms with E-state index < -0.39 is 0 Å². The van der Waals surface area contributed by atoms with Gasteiger partial charge in [0.15, 0.2) is 0 Å². The summed E-state index contributed by atoms with van der Waals surface area (Å²) in [7, 11) is 1.74. The molecular weight excluding hydrogens is 174 g/mol. The van der Waals surface area contributed by atoms with Crippen LogP contribution in [-0.4, -0.2) is 13.7 Å². The topological polar surface area (TPSA) is 21.3 Å². The van der Waals surface area contributed by atoms with Gasteiger partial charge in [-0.15, -0.1) is 0 Å². The van der Waals surface area contributed by atoms with Crippen LogP contribution in [0.3, 0.4) is 0 Å². The number of nitrogens with one attached hydrogen (secondary N) is 1. The zero-order valence-corrected chi connectivity index (χ0v) is 8.84. The van der Waals surface area contributed by atoms with Gasteiger partial charge >= 0.3 is 0 Å². The van der Waals surface area contributed by atoms with Gasteiger partial charge < -0.3 is 10.1 Å². The lowest BCUT2D eigenvalue weighted by Crippen LogP contribution is -2.35. The predicted octanol–water partition coefficient (Wildman–Crippen LogP) is 2.29. The summed E-state index contributed by atoms with van der Waals surface area (Å²) < 4.78 is 5.37. The van der Waals surface area contributed by atoms with Gasteiger partial charge in [0.05, 0.1) is 7.11 Å². The smallest absolute Gasteiger partial charge is 0.122 e. The Kier molecular flexibility index (Phi) is 2.73. The molecule has 0 aliphatic carbocycles. The van der Waals surface area contributed by atoms with Crippen LogP contribution >= 0.6 is 0 Å². The van der Waals surface area contributed by atoms with Gasteiger partial charge in [-0.25, -0.2) is 0 Å². The van der Waals surface area contributed by atoms with Crippen molar-refractivity contribution < 1.29 is 4.74 Å². The fourth-order valence-corrected chi connectivity index (χ4v) is 2.03. The Bertz CT molecular complexity index is 318. The van der Waals surface area contributed by atoms with E-state index in [2.05, 4.69) is 24.4 Å². The highest BCUT2D eigenvalue weighted by Gasteiger charge is 2.21. The predicted molar refractivity (Wildman–Crippen MR) is 57.7 cm³/mol. The molecule has 1 fully saturated rings. The molecule has 0 saturated carbocycles. The van der Waals surface area contributed by atoms with Crippen LogP contribution < -0.4 is 10.1 Å². The first kappa shape index (κ1) is 9.53. The standard InChI is InChI=1S/C12H17NO/c1-3-9-10(11-7-8-13-11)5-4-6-12(9)14-2/h4-6,11,13H,3,7-8H2,1-2H3. The van der Waals surface area contributed by atoms with Crippen molar-refractivity contribution in [3.63, 3.8) is 0 Å². The lowest BCUT2D eigenvalue weighted by Gasteiger charge is -2.30. The summed E-state index contributed by atoms with van der Waals surface area (Å²) in [6, 6.07) is 6.88. The molecule has 1 N–H and O–H groups in total. The maximum Gasteiger partial charge on any atom is 0.122 e. The quantitative estimate of drug-likeness (QED) is 0.791. The van der Waals surface area contributed by atoms with Crippen molar-refractivity contribution >= 4 is 0 Å². The maximum absolute atomic E-state index is 5.37. The van der Waals surface area contributed by atoms with Crippen LogP contribution in [0.4, 0.5) is 0 Å². The molecule has 76 valence electrons. The molecule has 2 nitrogen and oxygen atoms in total. The molecule has 14 heavy (non-hydrogen) atoms. The van der Waals surface area contributed by atoms with Crippen molar-refractivity contribution in [1.82, 2.24) is 5.32 Å². The first-order valence-corrected chi connectivity index (χ1v) is 5.26. The van der Waals surface area contributed by atoms with Crippen LogP contribution in [0.25, 0.3) is 0 Å². The second-order valence-corrected chi connectivity index (χ2v) is 3.68. The summed E-state index contributed by atoms with van der Waals surface area (Å²) in [4.78, 5) is 0. The van der Waals surface area contributed by atoms with E-state index in [-0.39, 0.29) is 0 Å². The van der Waals surface area contributed by atoms with E-state index in [0.717, 1.165) is 18.7 Å². The number of hydrogen-bond donors (Lipinski definition) is 1. The van der Waals surface area contributed by atoms with Gasteiger partial charge in [-0.3, -0.25) is 0 Å². The normalized spacial score (nSPS) is 20.3. The number of ether oxygens (including phenoxy) is 1. The zero-order valence-electron chi connectivity index (χ0n) is 8.84. The molecule has 2 rings (SSSR count). The number of rotatable bonds is 3. The average molecular weight is 191 g/mol. The third-order valence-corrected chi connectivity index (χ3v) is 2.94. The summed E-state index contributed by atoms with van der Waals surface area (Å²) in [6.07, 6.45) is 2.29. The third-order valence-electron chi connectivity index (χ3n) is 2.94. The van der Waals surface area contributed by atoms with Gasteiger partial charge in [0, 0.05) is 6.04 Å². The summed E-state index contributed by atoms with van der Waals surface area (Å²) in [5.74, 6) is 1.03. The van der Waals surface area contributed by atoms with Gasteiger partial charge in [0.1, 0.15) is 5.75 Å². The molecular formula is C12H17NO. The van der Waals surface area contributed by atoms with Crippen molar-refractivity contribution in [2.75, 3.05) is 13.7 Å². The monoisotopic (exact) mass is 191 g/mol. The first-order valence-electron chi connectivity index (χ1n) is 5.26. The minimum Gasteiger partial charge on any atom is -0.496 e. The molecule has 1 aromatic carbocycles. The Hall–Kier alpha value is -1.02. The van der Waals surface area contributed by atoms with Crippen molar-refractivity contribution in [2.45, 2.75) is 25.8 Å². The Labute approximate surface area is 85.3 Å². The number of hydrogen-bond acceptors (Lipinski definition) is 2. The Balaban J connectivity index is 2.36. The second kappa shape index (κ2) is 4.01. The SMILES string of the molecule is CCc1c(OC)cccc1C1CCN1. The van der Waals surface area contributed by atoms with E-state index in [9.17, 15) is 0 Å². The summed E-state index contributed by atoms with van der Waals surface area (Å²) in [5.41, 5.74) is 2.77. The second-order valence-electron chi connectivity index (χ2n) is 3.68. The van der Waals surface area contributed by atoms with Gasteiger partial charge in [-0.2, -0.15) is 0 Å². The van der Waals surface area contributed by atoms with Gasteiger partial charge in [-0.05, 0) is 36.6 Å². The van der Waals surface area contributed by atoms with E-state index in [0.29, 0.717) is 6.04 Å². The van der Waals surface area contributed by atoms with Gasteiger partial charge in [-0.1, -0.05) is 19.1 Å². The summed E-state index contributed by atoms with van der Waals surface area (Å²) >= 11 is 0. The molecule has 0 spiro atoms.